The van der Waals surface area contributed by atoms with E-state index in [9.17, 15) is 4.79 Å². The lowest BCUT2D eigenvalue weighted by atomic mass is 9.86. The van der Waals surface area contributed by atoms with Crippen LogP contribution in [0.5, 0.6) is 0 Å². The minimum absolute atomic E-state index is 0.0678. The van der Waals surface area contributed by atoms with Gasteiger partial charge in [0.1, 0.15) is 0 Å². The van der Waals surface area contributed by atoms with Crippen molar-refractivity contribution in [1.29, 1.82) is 0 Å². The highest BCUT2D eigenvalue weighted by Gasteiger charge is 2.16. The van der Waals surface area contributed by atoms with Gasteiger partial charge in [0.05, 0.1) is 5.52 Å². The number of hydrogen-bond acceptors (Lipinski definition) is 1. The van der Waals surface area contributed by atoms with Crippen molar-refractivity contribution in [1.82, 2.24) is 9.03 Å². The lowest BCUT2D eigenvalue weighted by Gasteiger charge is -2.22. The number of nitrogens with zero attached hydrogens (tertiary/aromatic N) is 2. The van der Waals surface area contributed by atoms with E-state index in [2.05, 4.69) is 16.6 Å². The van der Waals surface area contributed by atoms with E-state index in [0.29, 0.717) is 0 Å². The van der Waals surface area contributed by atoms with Gasteiger partial charge in [-0.15, -0.1) is 0 Å². The van der Waals surface area contributed by atoms with Crippen molar-refractivity contribution in [2.45, 2.75) is 51.9 Å². The molecule has 1 fully saturated rings. The first-order valence-electron chi connectivity index (χ1n) is 8.86. The van der Waals surface area contributed by atoms with Crippen LogP contribution < -0.4 is 5.56 Å². The summed E-state index contributed by atoms with van der Waals surface area (Å²) >= 11 is 0. The largest absolute Gasteiger partial charge is 0.271 e. The summed E-state index contributed by atoms with van der Waals surface area (Å²) in [5.41, 5.74) is 3.35. The maximum absolute atomic E-state index is 12.4. The number of hydrogen-bond donors (Lipinski definition) is 0. The fourth-order valence-corrected chi connectivity index (χ4v) is 4.19. The summed E-state index contributed by atoms with van der Waals surface area (Å²) in [5.74, 6) is 0.859. The Bertz CT molecular complexity index is 897. The van der Waals surface area contributed by atoms with Crippen LogP contribution in [-0.2, 0) is 6.42 Å². The van der Waals surface area contributed by atoms with Gasteiger partial charge in [-0.2, -0.15) is 0 Å². The minimum atomic E-state index is 0.0678. The zero-order chi connectivity index (χ0) is 15.8. The predicted octanol–water partition coefficient (Wildman–Crippen LogP) is 4.37. The Hall–Kier alpha value is -2.03. The molecule has 120 valence electrons. The van der Waals surface area contributed by atoms with E-state index >= 15 is 0 Å². The summed E-state index contributed by atoms with van der Waals surface area (Å²) in [5, 5.41) is 1.15. The Balaban J connectivity index is 1.79. The quantitative estimate of drug-likeness (QED) is 0.705. The Morgan fingerprint density at radius 2 is 1.83 bits per heavy atom. The second-order valence-electron chi connectivity index (χ2n) is 6.98. The summed E-state index contributed by atoms with van der Waals surface area (Å²) < 4.78 is 3.95. The Morgan fingerprint density at radius 3 is 2.65 bits per heavy atom. The second-order valence-corrected chi connectivity index (χ2v) is 6.98. The standard InChI is InChI=1S/C20H24N2O/c1-15-13-20(23)22-19-10-6-5-9-17(19)14-18(21(15)22)12-11-16-7-3-2-4-8-16/h5-6,9-10,13-14,16H,2-4,7-8,11-12H2,1H3. The molecule has 0 amide bonds. The predicted molar refractivity (Wildman–Crippen MR) is 94.3 cm³/mol. The second kappa shape index (κ2) is 5.88. The average molecular weight is 308 g/mol. The van der Waals surface area contributed by atoms with Gasteiger partial charge in [0.2, 0.25) is 0 Å². The van der Waals surface area contributed by atoms with Crippen molar-refractivity contribution in [2.24, 2.45) is 5.92 Å². The molecule has 0 radical (unpaired) electrons. The summed E-state index contributed by atoms with van der Waals surface area (Å²) in [4.78, 5) is 12.4. The van der Waals surface area contributed by atoms with Crippen molar-refractivity contribution >= 4 is 10.9 Å². The Labute approximate surface area is 136 Å². The molecule has 4 rings (SSSR count). The van der Waals surface area contributed by atoms with E-state index in [1.807, 2.05) is 29.6 Å². The minimum Gasteiger partial charge on any atom is -0.267 e. The van der Waals surface area contributed by atoms with E-state index in [0.717, 1.165) is 28.9 Å². The van der Waals surface area contributed by atoms with E-state index in [4.69, 9.17) is 0 Å². The first kappa shape index (κ1) is 14.6. The van der Waals surface area contributed by atoms with Gasteiger partial charge in [-0.3, -0.25) is 9.31 Å². The highest BCUT2D eigenvalue weighted by molar-refractivity contribution is 5.79. The molecule has 2 aromatic heterocycles. The smallest absolute Gasteiger partial charge is 0.267 e. The van der Waals surface area contributed by atoms with Crippen LogP contribution in [-0.4, -0.2) is 9.03 Å². The molecule has 1 aromatic carbocycles. The number of fused-ring (bicyclic) bond motifs is 3. The van der Waals surface area contributed by atoms with Gasteiger partial charge in [-0.05, 0) is 37.8 Å². The van der Waals surface area contributed by atoms with Crippen molar-refractivity contribution < 1.29 is 0 Å². The van der Waals surface area contributed by atoms with Gasteiger partial charge in [0.15, 0.2) is 0 Å². The third kappa shape index (κ3) is 2.58. The third-order valence-corrected chi connectivity index (χ3v) is 5.37. The maximum atomic E-state index is 12.4. The maximum Gasteiger partial charge on any atom is 0.271 e. The molecule has 1 saturated carbocycles. The summed E-state index contributed by atoms with van der Waals surface area (Å²) in [6, 6.07) is 12.2. The van der Waals surface area contributed by atoms with E-state index in [1.54, 1.807) is 6.07 Å². The summed E-state index contributed by atoms with van der Waals surface area (Å²) in [6.45, 7) is 2.03. The van der Waals surface area contributed by atoms with Crippen LogP contribution in [0.2, 0.25) is 0 Å². The molecular formula is C20H24N2O. The molecule has 0 aliphatic heterocycles. The molecule has 0 unspecified atom stereocenters. The summed E-state index contributed by atoms with van der Waals surface area (Å²) in [7, 11) is 0. The van der Waals surface area contributed by atoms with Gasteiger partial charge in [0.25, 0.3) is 5.56 Å². The Kier molecular flexibility index (Phi) is 3.72. The lowest BCUT2D eigenvalue weighted by molar-refractivity contribution is 0.337. The molecule has 0 spiro atoms. The van der Waals surface area contributed by atoms with Gasteiger partial charge in [-0.25, -0.2) is 4.52 Å². The van der Waals surface area contributed by atoms with Crippen LogP contribution in [0, 0.1) is 12.8 Å². The molecule has 3 aromatic rings. The molecule has 0 bridgehead atoms. The van der Waals surface area contributed by atoms with Crippen LogP contribution in [0.4, 0.5) is 0 Å². The number of rotatable bonds is 3. The van der Waals surface area contributed by atoms with Gasteiger partial charge < -0.3 is 0 Å². The number of benzene rings is 1. The SMILES string of the molecule is Cc1cc(=O)n2c3ccccc3cc(CCC3CCCCC3)n12. The molecule has 0 atom stereocenters. The van der Waals surface area contributed by atoms with Crippen molar-refractivity contribution in [3.63, 3.8) is 0 Å². The van der Waals surface area contributed by atoms with E-state index in [1.165, 1.54) is 44.2 Å². The molecule has 1 aliphatic rings. The molecule has 3 heteroatoms. The van der Waals surface area contributed by atoms with Crippen molar-refractivity contribution in [3.8, 4) is 0 Å². The topological polar surface area (TPSA) is 25.9 Å². The fourth-order valence-electron chi connectivity index (χ4n) is 4.19. The van der Waals surface area contributed by atoms with E-state index < -0.39 is 0 Å². The van der Waals surface area contributed by atoms with Gasteiger partial charge in [0, 0.05) is 22.8 Å². The first-order chi connectivity index (χ1) is 11.2. The molecule has 23 heavy (non-hydrogen) atoms. The zero-order valence-electron chi connectivity index (χ0n) is 13.8. The molecule has 1 aliphatic carbocycles. The van der Waals surface area contributed by atoms with Crippen LogP contribution in [0.3, 0.4) is 0 Å². The third-order valence-electron chi connectivity index (χ3n) is 5.37. The number of aromatic nitrogens is 2. The molecular weight excluding hydrogens is 284 g/mol. The first-order valence-corrected chi connectivity index (χ1v) is 8.86. The number of para-hydroxylation sites is 1. The molecule has 2 heterocycles. The Morgan fingerprint density at radius 1 is 1.04 bits per heavy atom. The molecule has 0 N–H and O–H groups in total. The van der Waals surface area contributed by atoms with E-state index in [-0.39, 0.29) is 5.56 Å². The monoisotopic (exact) mass is 308 g/mol. The molecule has 3 nitrogen and oxygen atoms in total. The highest BCUT2D eigenvalue weighted by atomic mass is 16.1. The van der Waals surface area contributed by atoms with Crippen LogP contribution >= 0.6 is 0 Å². The number of aryl methyl sites for hydroxylation is 2. The van der Waals surface area contributed by atoms with Crippen molar-refractivity contribution in [3.05, 3.63) is 58.1 Å². The average Bonchev–Trinajstić information content (AvgIpc) is 2.89. The van der Waals surface area contributed by atoms with Gasteiger partial charge in [-0.1, -0.05) is 50.3 Å². The van der Waals surface area contributed by atoms with Gasteiger partial charge >= 0.3 is 0 Å². The van der Waals surface area contributed by atoms with Crippen LogP contribution in [0.25, 0.3) is 10.9 Å². The highest BCUT2D eigenvalue weighted by Crippen LogP contribution is 2.28. The van der Waals surface area contributed by atoms with Crippen LogP contribution in [0.15, 0.2) is 41.2 Å². The lowest BCUT2D eigenvalue weighted by Crippen LogP contribution is -2.16. The molecule has 0 saturated heterocycles. The fraction of sp³-hybridized carbons (Fsp3) is 0.450. The normalized spacial score (nSPS) is 16.4. The summed E-state index contributed by atoms with van der Waals surface area (Å²) in [6.07, 6.45) is 9.22. The zero-order valence-corrected chi connectivity index (χ0v) is 13.8. The van der Waals surface area contributed by atoms with Crippen LogP contribution in [0.1, 0.15) is 49.9 Å². The van der Waals surface area contributed by atoms with Crippen molar-refractivity contribution in [2.75, 3.05) is 0 Å².